The summed E-state index contributed by atoms with van der Waals surface area (Å²) < 4.78 is 0. The zero-order valence-electron chi connectivity index (χ0n) is 12.7. The normalized spacial score (nSPS) is 24.8. The molecule has 1 atom stereocenters. The van der Waals surface area contributed by atoms with E-state index in [0.29, 0.717) is 32.8 Å². The summed E-state index contributed by atoms with van der Waals surface area (Å²) in [5, 5.41) is 0.597. The van der Waals surface area contributed by atoms with E-state index in [2.05, 4.69) is 6.92 Å². The van der Waals surface area contributed by atoms with Crippen molar-refractivity contribution in [3.8, 4) is 0 Å². The van der Waals surface area contributed by atoms with Crippen molar-refractivity contribution in [2.75, 3.05) is 0 Å². The molecule has 0 radical (unpaired) electrons. The average Bonchev–Trinajstić information content (AvgIpc) is 3.05. The Morgan fingerprint density at radius 2 is 1.91 bits per heavy atom. The fourth-order valence-corrected chi connectivity index (χ4v) is 5.25. The van der Waals surface area contributed by atoms with E-state index >= 15 is 0 Å². The van der Waals surface area contributed by atoms with Crippen molar-refractivity contribution in [2.45, 2.75) is 50.8 Å². The van der Waals surface area contributed by atoms with E-state index < -0.39 is 0 Å². The predicted octanol–water partition coefficient (Wildman–Crippen LogP) is 5.57. The molecule has 0 aromatic heterocycles. The largest absolute Gasteiger partial charge is 0.293 e. The van der Waals surface area contributed by atoms with Gasteiger partial charge in [0.05, 0.1) is 10.0 Å². The minimum atomic E-state index is -0.370. The molecule has 2 aliphatic rings. The van der Waals surface area contributed by atoms with Crippen LogP contribution in [0, 0.1) is 11.3 Å². The summed E-state index contributed by atoms with van der Waals surface area (Å²) in [7, 11) is 0. The third kappa shape index (κ3) is 2.51. The monoisotopic (exact) mass is 356 g/mol. The van der Waals surface area contributed by atoms with Crippen LogP contribution in [-0.2, 0) is 11.2 Å². The Balaban J connectivity index is 2.05. The second-order valence-electron chi connectivity index (χ2n) is 6.54. The molecule has 1 aromatic carbocycles. The lowest BCUT2D eigenvalue weighted by atomic mass is 9.73. The van der Waals surface area contributed by atoms with E-state index in [1.54, 1.807) is 0 Å². The van der Waals surface area contributed by atoms with Gasteiger partial charge in [-0.05, 0) is 36.8 Å². The lowest BCUT2D eigenvalue weighted by Gasteiger charge is -2.29. The number of hydrogen-bond donors (Lipinski definition) is 0. The minimum absolute atomic E-state index is 0.0409. The fourth-order valence-electron chi connectivity index (χ4n) is 3.92. The Bertz CT molecular complexity index is 665. The highest BCUT2D eigenvalue weighted by molar-refractivity contribution is 8.13. The number of benzene rings is 1. The molecule has 0 amide bonds. The summed E-state index contributed by atoms with van der Waals surface area (Å²) in [6.07, 6.45) is 5.31. The van der Waals surface area contributed by atoms with Crippen LogP contribution in [-0.4, -0.2) is 10.9 Å². The standard InChI is InChI=1S/C17H18Cl2O2S/c1-9(20)22-12-7-10-8-17(2,11-5-3-4-6-11)16(21)13(10)15(19)14(12)18/h7,11H,3-6,8H2,1-2H3. The first-order valence-corrected chi connectivity index (χ1v) is 9.16. The highest BCUT2D eigenvalue weighted by atomic mass is 35.5. The van der Waals surface area contributed by atoms with E-state index in [0.717, 1.165) is 30.2 Å². The number of fused-ring (bicyclic) bond motifs is 1. The molecule has 0 saturated heterocycles. The molecule has 3 rings (SSSR count). The zero-order valence-corrected chi connectivity index (χ0v) is 15.0. The molecular weight excluding hydrogens is 339 g/mol. The van der Waals surface area contributed by atoms with Gasteiger partial charge < -0.3 is 0 Å². The smallest absolute Gasteiger partial charge is 0.190 e. The van der Waals surface area contributed by atoms with E-state index in [1.807, 2.05) is 6.07 Å². The van der Waals surface area contributed by atoms with Crippen LogP contribution in [0.25, 0.3) is 0 Å². The van der Waals surface area contributed by atoms with Crippen molar-refractivity contribution in [1.82, 2.24) is 0 Å². The quantitative estimate of drug-likeness (QED) is 0.649. The molecule has 0 spiro atoms. The number of halogens is 2. The maximum absolute atomic E-state index is 13.0. The Morgan fingerprint density at radius 1 is 1.27 bits per heavy atom. The summed E-state index contributed by atoms with van der Waals surface area (Å²) in [5.74, 6) is 0.548. The second-order valence-corrected chi connectivity index (χ2v) is 8.51. The highest BCUT2D eigenvalue weighted by Crippen LogP contribution is 2.52. The van der Waals surface area contributed by atoms with Gasteiger partial charge in [-0.15, -0.1) is 0 Å². The maximum Gasteiger partial charge on any atom is 0.190 e. The predicted molar refractivity (Wildman–Crippen MR) is 91.1 cm³/mol. The molecule has 2 nitrogen and oxygen atoms in total. The van der Waals surface area contributed by atoms with Gasteiger partial charge in [-0.3, -0.25) is 9.59 Å². The van der Waals surface area contributed by atoms with Gasteiger partial charge in [0, 0.05) is 22.8 Å². The Hall–Kier alpha value is -0.510. The highest BCUT2D eigenvalue weighted by Gasteiger charge is 2.49. The Kier molecular flexibility index (Phi) is 4.34. The van der Waals surface area contributed by atoms with Gasteiger partial charge in [-0.2, -0.15) is 0 Å². The molecule has 118 valence electrons. The van der Waals surface area contributed by atoms with Crippen molar-refractivity contribution in [2.24, 2.45) is 11.3 Å². The summed E-state index contributed by atoms with van der Waals surface area (Å²) in [4.78, 5) is 25.0. The van der Waals surface area contributed by atoms with Crippen LogP contribution in [0.5, 0.6) is 0 Å². The lowest BCUT2D eigenvalue weighted by molar-refractivity contribution is -0.109. The van der Waals surface area contributed by atoms with Gasteiger partial charge in [-0.25, -0.2) is 0 Å². The fraction of sp³-hybridized carbons (Fsp3) is 0.529. The summed E-state index contributed by atoms with van der Waals surface area (Å²) >= 11 is 13.7. The van der Waals surface area contributed by atoms with E-state index in [4.69, 9.17) is 23.2 Å². The number of thioether (sulfide) groups is 1. The third-order valence-corrected chi connectivity index (χ3v) is 6.88. The van der Waals surface area contributed by atoms with Gasteiger partial charge >= 0.3 is 0 Å². The summed E-state index contributed by atoms with van der Waals surface area (Å²) in [5.41, 5.74) is 1.15. The van der Waals surface area contributed by atoms with Crippen molar-refractivity contribution in [1.29, 1.82) is 0 Å². The van der Waals surface area contributed by atoms with Crippen LogP contribution in [0.3, 0.4) is 0 Å². The molecule has 2 aliphatic carbocycles. The number of carbonyl (C=O) groups excluding carboxylic acids is 2. The first kappa shape index (κ1) is 16.4. The van der Waals surface area contributed by atoms with Crippen molar-refractivity contribution in [3.63, 3.8) is 0 Å². The van der Waals surface area contributed by atoms with Gasteiger partial charge in [0.2, 0.25) is 0 Å². The maximum atomic E-state index is 13.0. The topological polar surface area (TPSA) is 34.1 Å². The SMILES string of the molecule is CC(=O)Sc1cc2c(c(Cl)c1Cl)C(=O)C(C)(C1CCCC1)C2. The van der Waals surface area contributed by atoms with Gasteiger partial charge in [0.25, 0.3) is 0 Å². The van der Waals surface area contributed by atoms with Gasteiger partial charge in [-0.1, -0.05) is 54.7 Å². The lowest BCUT2D eigenvalue weighted by Crippen LogP contribution is -2.32. The van der Waals surface area contributed by atoms with E-state index in [1.165, 1.54) is 19.8 Å². The summed E-state index contributed by atoms with van der Waals surface area (Å²) in [6, 6.07) is 1.88. The Morgan fingerprint density at radius 3 is 2.50 bits per heavy atom. The molecule has 0 heterocycles. The van der Waals surface area contributed by atoms with Crippen molar-refractivity contribution in [3.05, 3.63) is 27.2 Å². The molecule has 1 saturated carbocycles. The Labute approximate surface area is 144 Å². The average molecular weight is 357 g/mol. The van der Waals surface area contributed by atoms with E-state index in [-0.39, 0.29) is 16.3 Å². The summed E-state index contributed by atoms with van der Waals surface area (Å²) in [6.45, 7) is 3.56. The minimum Gasteiger partial charge on any atom is -0.293 e. The molecule has 1 fully saturated rings. The number of Topliss-reactive ketones (excluding diaryl/α,β-unsaturated/α-hetero) is 1. The first-order chi connectivity index (χ1) is 10.3. The zero-order chi connectivity index (χ0) is 16.1. The molecule has 1 unspecified atom stereocenters. The van der Waals surface area contributed by atoms with Gasteiger partial charge in [0.15, 0.2) is 10.9 Å². The van der Waals surface area contributed by atoms with Crippen molar-refractivity contribution >= 4 is 45.9 Å². The van der Waals surface area contributed by atoms with Crippen LogP contribution in [0.15, 0.2) is 11.0 Å². The molecule has 0 aliphatic heterocycles. The van der Waals surface area contributed by atoms with Crippen LogP contribution in [0.2, 0.25) is 10.0 Å². The third-order valence-electron chi connectivity index (χ3n) is 5.07. The molecule has 1 aromatic rings. The van der Waals surface area contributed by atoms with Crippen LogP contribution in [0.4, 0.5) is 0 Å². The second kappa shape index (κ2) is 5.85. The molecular formula is C17H18Cl2O2S. The molecule has 5 heteroatoms. The molecule has 0 N–H and O–H groups in total. The molecule has 0 bridgehead atoms. The number of ketones is 1. The van der Waals surface area contributed by atoms with Crippen LogP contribution >= 0.6 is 35.0 Å². The first-order valence-electron chi connectivity index (χ1n) is 7.58. The number of carbonyl (C=O) groups is 2. The van der Waals surface area contributed by atoms with E-state index in [9.17, 15) is 9.59 Å². The molecule has 22 heavy (non-hydrogen) atoms. The number of rotatable bonds is 2. The van der Waals surface area contributed by atoms with Crippen LogP contribution in [0.1, 0.15) is 55.5 Å². The number of hydrogen-bond acceptors (Lipinski definition) is 3. The van der Waals surface area contributed by atoms with Crippen molar-refractivity contribution < 1.29 is 9.59 Å². The van der Waals surface area contributed by atoms with Gasteiger partial charge in [0.1, 0.15) is 0 Å². The van der Waals surface area contributed by atoms with Crippen LogP contribution < -0.4 is 0 Å².